The average Bonchev–Trinajstić information content (AvgIpc) is 0.846. The predicted octanol–water partition coefficient (Wildman–Crippen LogP) is 9.53. The number of carbonyl (C=O) groups excluding carboxylic acids is 15. The van der Waals surface area contributed by atoms with Gasteiger partial charge < -0.3 is 119 Å². The molecule has 18 N–H and O–H groups in total. The van der Waals surface area contributed by atoms with E-state index in [0.717, 1.165) is 19.3 Å². The predicted molar refractivity (Wildman–Crippen MR) is 545 cm³/mol. The first kappa shape index (κ1) is 119. The SMILES string of the molecule is CCCCCCCC(=O)N[C@@H](CCNC(=O)OCc1ccccc1Cl)C(=O)N[C@H](C(=O)N[C@@H](CCNC(=O)OCc1ccccc1Cl)C(=O)N[C@@H](CCN)C(=O)N[C@@H](CCNC(=O)OCc1ccccc1Cl)C(=O)N[C@H](Cc1ccccc1)C(=O)N[C@@H](CC(C)C)C(=O)N[C@@H](CCNC(C)=O)C(=O)N[C@@H](CCNC(=O)OCc1ccccc1Cl)C(=O)N[C@H](C(=O)O)[C@@H](C)OCc1ccccc1)[C@@H](C)OCc1ccccc1. The highest BCUT2D eigenvalue weighted by molar-refractivity contribution is 6.32. The van der Waals surface area contributed by atoms with Gasteiger partial charge in [-0.15, -0.1) is 0 Å². The van der Waals surface area contributed by atoms with Crippen molar-refractivity contribution in [1.82, 2.24) is 79.8 Å². The number of ether oxygens (including phenoxy) is 6. The monoisotopic (exact) mass is 2100 g/mol. The van der Waals surface area contributed by atoms with Crippen LogP contribution in [0.15, 0.2) is 188 Å². The van der Waals surface area contributed by atoms with Gasteiger partial charge in [0.25, 0.3) is 0 Å². The number of nitrogens with one attached hydrogen (secondary N) is 15. The molecule has 0 bridgehead atoms. The molecule has 0 aromatic heterocycles. The summed E-state index contributed by atoms with van der Waals surface area (Å²) in [6.07, 6.45) is -5.37. The van der Waals surface area contributed by atoms with Gasteiger partial charge in [-0.05, 0) is 119 Å². The number of carboxylic acid groups (broad SMARTS) is 1. The lowest BCUT2D eigenvalue weighted by Crippen LogP contribution is -2.62. The molecular formula is C103H132Cl4N16O23. The van der Waals surface area contributed by atoms with E-state index in [9.17, 15) is 53.1 Å². The third-order valence-corrected chi connectivity index (χ3v) is 24.2. The molecule has 12 atom stereocenters. The van der Waals surface area contributed by atoms with E-state index in [0.29, 0.717) is 61.8 Å². The van der Waals surface area contributed by atoms with Crippen molar-refractivity contribution in [2.24, 2.45) is 11.7 Å². The zero-order chi connectivity index (χ0) is 106. The molecule has 790 valence electrons. The number of alkyl carbamates (subject to hydrolysis) is 4. The first-order valence-corrected chi connectivity index (χ1v) is 49.7. The van der Waals surface area contributed by atoms with Crippen molar-refractivity contribution in [3.63, 3.8) is 0 Å². The van der Waals surface area contributed by atoms with Crippen LogP contribution in [-0.4, -0.2) is 212 Å². The number of unbranched alkanes of at least 4 members (excludes halogenated alkanes) is 4. The average molecular weight is 2100 g/mol. The first-order chi connectivity index (χ1) is 70.1. The maximum atomic E-state index is 15.5. The molecule has 0 spiro atoms. The molecule has 146 heavy (non-hydrogen) atoms. The highest BCUT2D eigenvalue weighted by Crippen LogP contribution is 2.22. The summed E-state index contributed by atoms with van der Waals surface area (Å²) in [4.78, 5) is 229. The minimum Gasteiger partial charge on any atom is -0.480 e. The van der Waals surface area contributed by atoms with Gasteiger partial charge in [-0.3, -0.25) is 52.7 Å². The van der Waals surface area contributed by atoms with E-state index < -0.39 is 213 Å². The minimum atomic E-state index is -1.80. The zero-order valence-electron chi connectivity index (χ0n) is 82.3. The Balaban J connectivity index is 1.20. The van der Waals surface area contributed by atoms with Crippen LogP contribution >= 0.6 is 46.4 Å². The van der Waals surface area contributed by atoms with Gasteiger partial charge in [0.1, 0.15) is 80.8 Å². The Bertz CT molecular complexity index is 5400. The fourth-order valence-electron chi connectivity index (χ4n) is 14.6. The molecule has 43 heteroatoms. The maximum absolute atomic E-state index is 15.5. The molecule has 0 aliphatic rings. The summed E-state index contributed by atoms with van der Waals surface area (Å²) in [6.45, 7) is 6.09. The zero-order valence-corrected chi connectivity index (χ0v) is 85.3. The molecule has 0 saturated heterocycles. The number of carbonyl (C=O) groups is 16. The Morgan fingerprint density at radius 1 is 0.315 bits per heavy atom. The van der Waals surface area contributed by atoms with Gasteiger partial charge in [0.05, 0.1) is 25.4 Å². The van der Waals surface area contributed by atoms with Crippen LogP contribution in [0.2, 0.25) is 20.1 Å². The molecule has 15 amide bonds. The lowest BCUT2D eigenvalue weighted by Gasteiger charge is -2.30. The molecular weight excluding hydrogens is 1970 g/mol. The van der Waals surface area contributed by atoms with Crippen molar-refractivity contribution >= 4 is 142 Å². The molecule has 0 aliphatic heterocycles. The number of aliphatic carboxylic acids is 1. The maximum Gasteiger partial charge on any atom is 0.407 e. The number of nitrogens with two attached hydrogens (primary N) is 1. The largest absolute Gasteiger partial charge is 0.480 e. The summed E-state index contributed by atoms with van der Waals surface area (Å²) >= 11 is 25.4. The van der Waals surface area contributed by atoms with Crippen LogP contribution < -0.4 is 85.5 Å². The molecule has 0 heterocycles. The number of carboxylic acids is 1. The summed E-state index contributed by atoms with van der Waals surface area (Å²) in [7, 11) is 0. The van der Waals surface area contributed by atoms with Crippen molar-refractivity contribution in [3.05, 3.63) is 247 Å². The lowest BCUT2D eigenvalue weighted by atomic mass is 10.00. The second-order valence-corrected chi connectivity index (χ2v) is 36.4. The van der Waals surface area contributed by atoms with Gasteiger partial charge in [-0.1, -0.05) is 257 Å². The van der Waals surface area contributed by atoms with E-state index in [1.54, 1.807) is 202 Å². The smallest absolute Gasteiger partial charge is 0.407 e. The Morgan fingerprint density at radius 2 is 0.603 bits per heavy atom. The molecule has 0 radical (unpaired) electrons. The quantitative estimate of drug-likeness (QED) is 0.0125. The van der Waals surface area contributed by atoms with Crippen LogP contribution in [0.25, 0.3) is 0 Å². The molecule has 0 unspecified atom stereocenters. The van der Waals surface area contributed by atoms with Gasteiger partial charge in [0.15, 0.2) is 6.04 Å². The molecule has 39 nitrogen and oxygen atoms in total. The summed E-state index contributed by atoms with van der Waals surface area (Å²) in [5, 5.41) is 50.9. The van der Waals surface area contributed by atoms with Gasteiger partial charge in [-0.25, -0.2) is 24.0 Å². The third kappa shape index (κ3) is 44.9. The number of hydrogen-bond acceptors (Lipinski definition) is 23. The van der Waals surface area contributed by atoms with E-state index in [1.807, 2.05) is 6.92 Å². The van der Waals surface area contributed by atoms with Crippen molar-refractivity contribution in [2.45, 2.75) is 244 Å². The van der Waals surface area contributed by atoms with Crippen LogP contribution in [0, 0.1) is 5.92 Å². The fourth-order valence-corrected chi connectivity index (χ4v) is 15.3. The highest BCUT2D eigenvalue weighted by atomic mass is 35.5. The molecule has 7 aromatic rings. The van der Waals surface area contributed by atoms with Gasteiger partial charge in [0, 0.05) is 94.8 Å². The Morgan fingerprint density at radius 3 is 0.952 bits per heavy atom. The van der Waals surface area contributed by atoms with Crippen LogP contribution in [0.4, 0.5) is 19.2 Å². The Hall–Kier alpha value is -13.7. The molecule has 0 fully saturated rings. The highest BCUT2D eigenvalue weighted by Gasteiger charge is 2.39. The van der Waals surface area contributed by atoms with E-state index >= 15 is 28.8 Å². The number of amides is 15. The number of hydrogen-bond donors (Lipinski definition) is 17. The topological polar surface area (TPSA) is 555 Å². The van der Waals surface area contributed by atoms with Crippen molar-refractivity contribution < 1.29 is 110 Å². The molecule has 7 rings (SSSR count). The summed E-state index contributed by atoms with van der Waals surface area (Å²) in [6, 6.07) is 35.2. The number of rotatable bonds is 63. The van der Waals surface area contributed by atoms with Crippen molar-refractivity contribution in [1.29, 1.82) is 0 Å². The van der Waals surface area contributed by atoms with E-state index in [1.165, 1.54) is 20.8 Å². The van der Waals surface area contributed by atoms with E-state index in [-0.39, 0.29) is 108 Å². The van der Waals surface area contributed by atoms with Crippen LogP contribution in [-0.2, 0) is 132 Å². The van der Waals surface area contributed by atoms with Crippen LogP contribution in [0.1, 0.15) is 164 Å². The summed E-state index contributed by atoms with van der Waals surface area (Å²) in [5.41, 5.74) is 9.83. The van der Waals surface area contributed by atoms with Crippen molar-refractivity contribution in [3.8, 4) is 0 Å². The Labute approximate surface area is 868 Å². The Kier molecular flexibility index (Phi) is 53.6. The lowest BCUT2D eigenvalue weighted by molar-refractivity contribution is -0.147. The second kappa shape index (κ2) is 65.6. The summed E-state index contributed by atoms with van der Waals surface area (Å²) in [5.74, 6) is -12.6. The second-order valence-electron chi connectivity index (χ2n) is 34.7. The minimum absolute atomic E-state index is 0.0118. The van der Waals surface area contributed by atoms with Gasteiger partial charge in [0.2, 0.25) is 65.0 Å². The first-order valence-electron chi connectivity index (χ1n) is 48.2. The van der Waals surface area contributed by atoms with Gasteiger partial charge in [-0.2, -0.15) is 0 Å². The number of benzene rings is 7. The van der Waals surface area contributed by atoms with Crippen LogP contribution in [0.3, 0.4) is 0 Å². The molecule has 7 aromatic carbocycles. The van der Waals surface area contributed by atoms with Crippen LogP contribution in [0.5, 0.6) is 0 Å². The standard InChI is InChI=1S/C103H132Cl4N16O23/c1-7-8-9-10-20-43-87(125)114-80(46-52-110-100(137)143-60-71-35-21-25-39-75(71)104)94(130)122-88(65(4)141-58-69-31-16-12-17-32-69)98(134)119-83(48-54-112-102(139)145-62-73-37-23-27-41-77(73)106)92(128)115-79(44-50-108)90(126)116-82(47-53-111-101(138)144-61-72-36-22-26-40-76(72)105)93(129)121-86(57-68-29-14-11-15-30-68)97(133)120-85(56-64(2)3)96(132)118-81(45-51-109-67(6)124)91(127)117-84(49-55-113-103(140)146-63-74-38-24-28-42-78(74)107)95(131)123-89(99(135)136)66(5)142-59-70-33-18-13-19-34-70/h11-19,21-42,64-66,79-86,88-89H,7-10,20,43-63,108H2,1-6H3,(H,109,124)(H,110,137)(H,111,138)(H,112,139)(H,113,140)(H,114,125)(H,115,128)(H,116,126)(H,117,127)(H,118,132)(H,119,134)(H,120,133)(H,121,129)(H,122,130)(H,123,131)(H,135,136)/t65-,66-,79+,80+,81+,82+,83+,84+,85+,86-,88+,89+/m1/s1. The van der Waals surface area contributed by atoms with E-state index in [4.69, 9.17) is 80.6 Å². The van der Waals surface area contributed by atoms with E-state index in [2.05, 4.69) is 79.8 Å². The fraction of sp³-hybridized carbons (Fsp3) is 0.437. The molecule has 0 saturated carbocycles. The normalized spacial score (nSPS) is 13.5. The summed E-state index contributed by atoms with van der Waals surface area (Å²) < 4.78 is 33.9. The van der Waals surface area contributed by atoms with Crippen molar-refractivity contribution in [2.75, 3.05) is 39.3 Å². The molecule has 0 aliphatic carbocycles. The third-order valence-electron chi connectivity index (χ3n) is 22.7. The number of halogens is 4. The van der Waals surface area contributed by atoms with Gasteiger partial charge >= 0.3 is 30.3 Å².